The van der Waals surface area contributed by atoms with Gasteiger partial charge in [-0.05, 0) is 19.8 Å². The minimum atomic E-state index is -3.13. The van der Waals surface area contributed by atoms with Gasteiger partial charge in [0.15, 0.2) is 0 Å². The van der Waals surface area contributed by atoms with Gasteiger partial charge in [-0.25, -0.2) is 13.1 Å². The predicted molar refractivity (Wildman–Crippen MR) is 65.9 cm³/mol. The van der Waals surface area contributed by atoms with E-state index in [2.05, 4.69) is 20.7 Å². The van der Waals surface area contributed by atoms with Crippen LogP contribution in [0.15, 0.2) is 0 Å². The van der Waals surface area contributed by atoms with Crippen molar-refractivity contribution < 1.29 is 13.2 Å². The van der Waals surface area contributed by atoms with E-state index in [9.17, 15) is 8.42 Å². The monoisotopic (exact) mass is 301 g/mol. The second kappa shape index (κ2) is 9.57. The summed E-state index contributed by atoms with van der Waals surface area (Å²) in [4.78, 5) is 0. The molecule has 0 rings (SSSR count). The van der Waals surface area contributed by atoms with E-state index in [4.69, 9.17) is 4.74 Å². The Morgan fingerprint density at radius 1 is 1.27 bits per heavy atom. The van der Waals surface area contributed by atoms with Crippen LogP contribution in [0.5, 0.6) is 0 Å². The van der Waals surface area contributed by atoms with Crippen molar-refractivity contribution in [3.05, 3.63) is 0 Å². The molecule has 1 N–H and O–H groups in total. The minimum absolute atomic E-state index is 0.0548. The molecule has 4 nitrogen and oxygen atoms in total. The summed E-state index contributed by atoms with van der Waals surface area (Å²) in [6, 6.07) is 0. The Morgan fingerprint density at radius 2 is 2.00 bits per heavy atom. The van der Waals surface area contributed by atoms with E-state index in [-0.39, 0.29) is 12.4 Å². The SMILES string of the molecule is CCOCCS(=O)(=O)NCCCCCBr. The lowest BCUT2D eigenvalue weighted by molar-refractivity contribution is 0.163. The highest BCUT2D eigenvalue weighted by molar-refractivity contribution is 9.09. The summed E-state index contributed by atoms with van der Waals surface area (Å²) in [6.45, 7) is 3.20. The zero-order valence-corrected chi connectivity index (χ0v) is 11.6. The summed E-state index contributed by atoms with van der Waals surface area (Å²) in [5, 5.41) is 0.976. The van der Waals surface area contributed by atoms with Gasteiger partial charge in [0.05, 0.1) is 12.4 Å². The fourth-order valence-electron chi connectivity index (χ4n) is 1.01. The minimum Gasteiger partial charge on any atom is -0.381 e. The highest BCUT2D eigenvalue weighted by Gasteiger charge is 2.08. The van der Waals surface area contributed by atoms with Crippen molar-refractivity contribution in [1.29, 1.82) is 0 Å². The maximum absolute atomic E-state index is 11.3. The van der Waals surface area contributed by atoms with E-state index < -0.39 is 10.0 Å². The molecule has 0 aromatic rings. The average Bonchev–Trinajstić information content (AvgIpc) is 2.17. The van der Waals surface area contributed by atoms with Crippen LogP contribution in [0.1, 0.15) is 26.2 Å². The number of rotatable bonds is 10. The Kier molecular flexibility index (Phi) is 9.79. The molecule has 0 fully saturated rings. The van der Waals surface area contributed by atoms with Crippen LogP contribution in [0.25, 0.3) is 0 Å². The van der Waals surface area contributed by atoms with E-state index in [1.54, 1.807) is 0 Å². The number of halogens is 1. The Bertz CT molecular complexity index is 232. The molecule has 0 unspecified atom stereocenters. The summed E-state index contributed by atoms with van der Waals surface area (Å²) >= 11 is 3.33. The van der Waals surface area contributed by atoms with Gasteiger partial charge in [-0.3, -0.25) is 0 Å². The zero-order chi connectivity index (χ0) is 11.6. The van der Waals surface area contributed by atoms with Crippen molar-refractivity contribution in [3.63, 3.8) is 0 Å². The molecule has 0 saturated carbocycles. The lowest BCUT2D eigenvalue weighted by Crippen LogP contribution is -2.29. The molecule has 6 heteroatoms. The Hall–Kier alpha value is 0.350. The zero-order valence-electron chi connectivity index (χ0n) is 9.17. The van der Waals surface area contributed by atoms with Gasteiger partial charge in [0, 0.05) is 18.5 Å². The maximum atomic E-state index is 11.3. The smallest absolute Gasteiger partial charge is 0.213 e. The van der Waals surface area contributed by atoms with Crippen molar-refractivity contribution in [1.82, 2.24) is 4.72 Å². The average molecular weight is 302 g/mol. The van der Waals surface area contributed by atoms with E-state index in [1.165, 1.54) is 0 Å². The molecule has 15 heavy (non-hydrogen) atoms. The molecule has 0 atom stereocenters. The number of sulfonamides is 1. The van der Waals surface area contributed by atoms with E-state index in [0.29, 0.717) is 13.2 Å². The van der Waals surface area contributed by atoms with Crippen LogP contribution >= 0.6 is 15.9 Å². The molecular weight excluding hydrogens is 282 g/mol. The first-order valence-electron chi connectivity index (χ1n) is 5.23. The first kappa shape index (κ1) is 15.3. The highest BCUT2D eigenvalue weighted by atomic mass is 79.9. The molecule has 0 spiro atoms. The summed E-state index contributed by atoms with van der Waals surface area (Å²) < 4.78 is 30.2. The van der Waals surface area contributed by atoms with Gasteiger partial charge in [-0.15, -0.1) is 0 Å². The molecule has 0 heterocycles. The first-order chi connectivity index (χ1) is 7.12. The third kappa shape index (κ3) is 10.6. The standard InChI is InChI=1S/C9H20BrNO3S/c1-2-14-8-9-15(12,13)11-7-5-3-4-6-10/h11H,2-9H2,1H3. The predicted octanol–water partition coefficient (Wildman–Crippen LogP) is 1.51. The van der Waals surface area contributed by atoms with Gasteiger partial charge >= 0.3 is 0 Å². The van der Waals surface area contributed by atoms with Crippen LogP contribution in [0, 0.1) is 0 Å². The molecule has 0 saturated heterocycles. The number of ether oxygens (including phenoxy) is 1. The van der Waals surface area contributed by atoms with Gasteiger partial charge in [-0.2, -0.15) is 0 Å². The third-order valence-electron chi connectivity index (χ3n) is 1.83. The van der Waals surface area contributed by atoms with Crippen LogP contribution in [-0.4, -0.2) is 39.3 Å². The second-order valence-corrected chi connectivity index (χ2v) is 5.88. The maximum Gasteiger partial charge on any atom is 0.213 e. The number of hydrogen-bond donors (Lipinski definition) is 1. The quantitative estimate of drug-likeness (QED) is 0.491. The van der Waals surface area contributed by atoms with Gasteiger partial charge in [0.25, 0.3) is 0 Å². The van der Waals surface area contributed by atoms with E-state index >= 15 is 0 Å². The van der Waals surface area contributed by atoms with E-state index in [0.717, 1.165) is 24.6 Å². The Balaban J connectivity index is 3.47. The number of alkyl halides is 1. The Morgan fingerprint density at radius 3 is 2.60 bits per heavy atom. The number of hydrogen-bond acceptors (Lipinski definition) is 3. The van der Waals surface area contributed by atoms with Gasteiger partial charge in [0.1, 0.15) is 0 Å². The Labute approximate surface area is 101 Å². The lowest BCUT2D eigenvalue weighted by atomic mass is 10.3. The number of nitrogens with one attached hydrogen (secondary N) is 1. The van der Waals surface area contributed by atoms with Crippen molar-refractivity contribution >= 4 is 26.0 Å². The molecule has 0 amide bonds. The van der Waals surface area contributed by atoms with Crippen LogP contribution < -0.4 is 4.72 Å². The molecule has 0 aromatic carbocycles. The van der Waals surface area contributed by atoms with Gasteiger partial charge in [0.2, 0.25) is 10.0 Å². The molecule has 0 radical (unpaired) electrons. The fraction of sp³-hybridized carbons (Fsp3) is 1.00. The van der Waals surface area contributed by atoms with Gasteiger partial charge < -0.3 is 4.74 Å². The van der Waals surface area contributed by atoms with Crippen molar-refractivity contribution in [2.24, 2.45) is 0 Å². The van der Waals surface area contributed by atoms with Gasteiger partial charge in [-0.1, -0.05) is 22.4 Å². The molecular formula is C9H20BrNO3S. The topological polar surface area (TPSA) is 55.4 Å². The summed E-state index contributed by atoms with van der Waals surface area (Å²) in [6.07, 6.45) is 3.01. The summed E-state index contributed by atoms with van der Waals surface area (Å²) in [5.41, 5.74) is 0. The highest BCUT2D eigenvalue weighted by Crippen LogP contribution is 1.97. The largest absolute Gasteiger partial charge is 0.381 e. The summed E-state index contributed by atoms with van der Waals surface area (Å²) in [7, 11) is -3.13. The van der Waals surface area contributed by atoms with E-state index in [1.807, 2.05) is 6.92 Å². The van der Waals surface area contributed by atoms with Crippen LogP contribution in [-0.2, 0) is 14.8 Å². The summed E-state index contributed by atoms with van der Waals surface area (Å²) in [5.74, 6) is 0.0548. The lowest BCUT2D eigenvalue weighted by Gasteiger charge is -2.06. The number of unbranched alkanes of at least 4 members (excludes halogenated alkanes) is 2. The van der Waals surface area contributed by atoms with Crippen molar-refractivity contribution in [3.8, 4) is 0 Å². The van der Waals surface area contributed by atoms with Crippen LogP contribution in [0.4, 0.5) is 0 Å². The van der Waals surface area contributed by atoms with Crippen molar-refractivity contribution in [2.75, 3.05) is 30.8 Å². The normalized spacial score (nSPS) is 11.9. The first-order valence-corrected chi connectivity index (χ1v) is 8.01. The molecule has 0 aliphatic carbocycles. The van der Waals surface area contributed by atoms with Crippen LogP contribution in [0.2, 0.25) is 0 Å². The molecule has 0 bridgehead atoms. The molecule has 0 aromatic heterocycles. The molecule has 92 valence electrons. The third-order valence-corrected chi connectivity index (χ3v) is 3.74. The molecule has 0 aliphatic heterocycles. The van der Waals surface area contributed by atoms with Crippen LogP contribution in [0.3, 0.4) is 0 Å². The second-order valence-electron chi connectivity index (χ2n) is 3.16. The fourth-order valence-corrected chi connectivity index (χ4v) is 2.34. The van der Waals surface area contributed by atoms with Crippen molar-refractivity contribution in [2.45, 2.75) is 26.2 Å². The molecule has 0 aliphatic rings.